The summed E-state index contributed by atoms with van der Waals surface area (Å²) in [5.74, 6) is 0.219. The van der Waals surface area contributed by atoms with Gasteiger partial charge in [-0.1, -0.05) is 0 Å². The van der Waals surface area contributed by atoms with Gasteiger partial charge in [0.15, 0.2) is 5.56 Å². The van der Waals surface area contributed by atoms with Gasteiger partial charge in [-0.05, 0) is 13.8 Å². The van der Waals surface area contributed by atoms with Crippen LogP contribution < -0.4 is 16.6 Å². The van der Waals surface area contributed by atoms with Gasteiger partial charge in [-0.15, -0.1) is 11.3 Å². The highest BCUT2D eigenvalue weighted by molar-refractivity contribution is 7.11. The average molecular weight is 305 g/mol. The van der Waals surface area contributed by atoms with Crippen molar-refractivity contribution in [2.75, 3.05) is 5.32 Å². The molecule has 21 heavy (non-hydrogen) atoms. The molecule has 2 heterocycles. The molecule has 0 spiro atoms. The van der Waals surface area contributed by atoms with Crippen LogP contribution in [0.3, 0.4) is 0 Å². The molecule has 8 heteroatoms. The van der Waals surface area contributed by atoms with Crippen LogP contribution in [-0.2, 0) is 20.6 Å². The molecule has 0 aliphatic rings. The van der Waals surface area contributed by atoms with E-state index in [1.807, 2.05) is 19.9 Å². The van der Waals surface area contributed by atoms with Gasteiger partial charge in [0.25, 0.3) is 5.56 Å². The van der Waals surface area contributed by atoms with Gasteiger partial charge in [-0.2, -0.15) is 5.26 Å². The summed E-state index contributed by atoms with van der Waals surface area (Å²) in [6.07, 6.45) is 0. The number of anilines is 1. The first-order chi connectivity index (χ1) is 9.86. The molecule has 0 fully saturated rings. The first-order valence-electron chi connectivity index (χ1n) is 6.23. The number of aryl methyl sites for hydroxylation is 2. The Bertz CT molecular complexity index is 834. The molecule has 0 bridgehead atoms. The zero-order chi connectivity index (χ0) is 15.7. The minimum atomic E-state index is -0.602. The number of nitriles is 1. The van der Waals surface area contributed by atoms with Crippen LogP contribution >= 0.6 is 11.3 Å². The highest BCUT2D eigenvalue weighted by Gasteiger charge is 2.15. The Hall–Kier alpha value is -2.40. The number of aromatic nitrogens is 3. The van der Waals surface area contributed by atoms with E-state index < -0.39 is 11.2 Å². The molecular formula is C13H15N5O2S. The van der Waals surface area contributed by atoms with Crippen molar-refractivity contribution in [2.45, 2.75) is 20.4 Å². The van der Waals surface area contributed by atoms with Crippen LogP contribution in [0, 0.1) is 25.2 Å². The van der Waals surface area contributed by atoms with Crippen molar-refractivity contribution < 1.29 is 0 Å². The Morgan fingerprint density at radius 3 is 2.48 bits per heavy atom. The number of nitrogens with zero attached hydrogens (tertiary/aromatic N) is 4. The lowest BCUT2D eigenvalue weighted by Gasteiger charge is -2.12. The zero-order valence-corrected chi connectivity index (χ0v) is 13.0. The quantitative estimate of drug-likeness (QED) is 0.898. The van der Waals surface area contributed by atoms with E-state index in [1.54, 1.807) is 0 Å². The lowest BCUT2D eigenvalue weighted by Crippen LogP contribution is -2.39. The maximum Gasteiger partial charge on any atom is 0.332 e. The lowest BCUT2D eigenvalue weighted by atomic mass is 10.3. The van der Waals surface area contributed by atoms with Crippen molar-refractivity contribution in [1.82, 2.24) is 14.1 Å². The van der Waals surface area contributed by atoms with E-state index in [4.69, 9.17) is 5.26 Å². The molecule has 2 rings (SSSR count). The molecule has 0 saturated heterocycles. The number of hydrogen-bond acceptors (Lipinski definition) is 6. The van der Waals surface area contributed by atoms with Gasteiger partial charge in [0.1, 0.15) is 16.9 Å². The minimum Gasteiger partial charge on any atom is -0.364 e. The van der Waals surface area contributed by atoms with Crippen molar-refractivity contribution in [2.24, 2.45) is 14.1 Å². The zero-order valence-electron chi connectivity index (χ0n) is 12.2. The van der Waals surface area contributed by atoms with Crippen molar-refractivity contribution in [1.29, 1.82) is 5.26 Å². The fraction of sp³-hybridized carbons (Fsp3) is 0.385. The molecule has 0 aromatic carbocycles. The molecule has 2 aromatic rings. The molecule has 0 saturated carbocycles. The maximum absolute atomic E-state index is 11.9. The Morgan fingerprint density at radius 2 is 1.95 bits per heavy atom. The fourth-order valence-electron chi connectivity index (χ4n) is 1.93. The predicted octanol–water partition coefficient (Wildman–Crippen LogP) is 0.641. The van der Waals surface area contributed by atoms with Crippen LogP contribution in [0.15, 0.2) is 9.59 Å². The van der Waals surface area contributed by atoms with Gasteiger partial charge in [0.2, 0.25) is 0 Å². The third-order valence-corrected chi connectivity index (χ3v) is 4.33. The summed E-state index contributed by atoms with van der Waals surface area (Å²) in [5, 5.41) is 13.0. The summed E-state index contributed by atoms with van der Waals surface area (Å²) in [4.78, 5) is 29.3. The van der Waals surface area contributed by atoms with Gasteiger partial charge in [-0.25, -0.2) is 9.78 Å². The maximum atomic E-state index is 11.9. The van der Waals surface area contributed by atoms with E-state index in [9.17, 15) is 9.59 Å². The van der Waals surface area contributed by atoms with Crippen molar-refractivity contribution in [3.63, 3.8) is 0 Å². The largest absolute Gasteiger partial charge is 0.364 e. The van der Waals surface area contributed by atoms with E-state index in [0.717, 1.165) is 20.1 Å². The number of rotatable bonds is 3. The molecule has 2 aromatic heterocycles. The van der Waals surface area contributed by atoms with Gasteiger partial charge in [-0.3, -0.25) is 13.9 Å². The third-order valence-electron chi connectivity index (χ3n) is 3.26. The Balaban J connectivity index is 2.43. The van der Waals surface area contributed by atoms with E-state index in [1.165, 1.54) is 30.0 Å². The van der Waals surface area contributed by atoms with Gasteiger partial charge in [0.05, 0.1) is 12.2 Å². The normalized spacial score (nSPS) is 10.4. The van der Waals surface area contributed by atoms with Crippen LogP contribution in [0.4, 0.5) is 5.82 Å². The van der Waals surface area contributed by atoms with Crippen LogP contribution in [0.5, 0.6) is 0 Å². The van der Waals surface area contributed by atoms with Crippen LogP contribution in [-0.4, -0.2) is 14.1 Å². The van der Waals surface area contributed by atoms with E-state index in [2.05, 4.69) is 10.3 Å². The number of thiazole rings is 1. The van der Waals surface area contributed by atoms with Crippen molar-refractivity contribution in [3.8, 4) is 6.07 Å². The second kappa shape index (κ2) is 5.54. The van der Waals surface area contributed by atoms with Crippen LogP contribution in [0.25, 0.3) is 0 Å². The molecule has 0 aliphatic carbocycles. The number of nitrogens with one attached hydrogen (secondary N) is 1. The van der Waals surface area contributed by atoms with E-state index >= 15 is 0 Å². The summed E-state index contributed by atoms with van der Waals surface area (Å²) in [6.45, 7) is 4.25. The van der Waals surface area contributed by atoms with Gasteiger partial charge >= 0.3 is 5.69 Å². The van der Waals surface area contributed by atoms with Crippen LogP contribution in [0.2, 0.25) is 0 Å². The summed E-state index contributed by atoms with van der Waals surface area (Å²) >= 11 is 1.54. The summed E-state index contributed by atoms with van der Waals surface area (Å²) in [7, 11) is 2.87. The molecule has 0 aliphatic heterocycles. The smallest absolute Gasteiger partial charge is 0.332 e. The summed E-state index contributed by atoms with van der Waals surface area (Å²) < 4.78 is 2.18. The lowest BCUT2D eigenvalue weighted by molar-refractivity contribution is 0.685. The average Bonchev–Trinajstić information content (AvgIpc) is 2.78. The minimum absolute atomic E-state index is 0.0791. The fourth-order valence-corrected chi connectivity index (χ4v) is 2.80. The second-order valence-corrected chi connectivity index (χ2v) is 5.93. The topological polar surface area (TPSA) is 92.7 Å². The Morgan fingerprint density at radius 1 is 1.29 bits per heavy atom. The molecular weight excluding hydrogens is 290 g/mol. The SMILES string of the molecule is Cc1nc(CNc2c(C#N)c(=O)n(C)c(=O)n2C)sc1C. The second-order valence-electron chi connectivity index (χ2n) is 4.64. The molecule has 1 N–H and O–H groups in total. The Kier molecular flexibility index (Phi) is 3.95. The summed E-state index contributed by atoms with van der Waals surface area (Å²) in [6, 6.07) is 1.85. The monoisotopic (exact) mass is 305 g/mol. The highest BCUT2D eigenvalue weighted by atomic mass is 32.1. The summed E-state index contributed by atoms with van der Waals surface area (Å²) in [5.41, 5.74) is -0.206. The van der Waals surface area contributed by atoms with E-state index in [0.29, 0.717) is 6.54 Å². The third kappa shape index (κ3) is 2.60. The molecule has 0 atom stereocenters. The number of hydrogen-bond donors (Lipinski definition) is 1. The molecule has 0 amide bonds. The van der Waals surface area contributed by atoms with Crippen molar-refractivity contribution in [3.05, 3.63) is 42.0 Å². The Labute approximate surface area is 125 Å². The van der Waals surface area contributed by atoms with Gasteiger partial charge in [0, 0.05) is 19.0 Å². The van der Waals surface area contributed by atoms with E-state index in [-0.39, 0.29) is 11.4 Å². The van der Waals surface area contributed by atoms with Crippen LogP contribution in [0.1, 0.15) is 21.1 Å². The molecule has 0 unspecified atom stereocenters. The predicted molar refractivity (Wildman–Crippen MR) is 80.6 cm³/mol. The first kappa shape index (κ1) is 15.0. The standard InChI is InChI=1S/C13H15N5O2S/c1-7-8(2)21-10(16-7)6-15-11-9(5-14)12(19)18(4)13(20)17(11)3/h15H,6H2,1-4H3. The first-order valence-corrected chi connectivity index (χ1v) is 7.05. The molecule has 7 nitrogen and oxygen atoms in total. The highest BCUT2D eigenvalue weighted by Crippen LogP contribution is 2.18. The molecule has 110 valence electrons. The molecule has 0 radical (unpaired) electrons. The van der Waals surface area contributed by atoms with Gasteiger partial charge < -0.3 is 5.32 Å². The van der Waals surface area contributed by atoms with Crippen molar-refractivity contribution >= 4 is 17.2 Å².